The second-order valence-electron chi connectivity index (χ2n) is 7.29. The maximum atomic E-state index is 13.3. The molecule has 8 nitrogen and oxygen atoms in total. The second kappa shape index (κ2) is 9.19. The molecule has 0 aliphatic heterocycles. The first-order chi connectivity index (χ1) is 15.5. The van der Waals surface area contributed by atoms with Crippen LogP contribution in [0.3, 0.4) is 0 Å². The van der Waals surface area contributed by atoms with Crippen molar-refractivity contribution in [2.75, 3.05) is 19.5 Å². The van der Waals surface area contributed by atoms with Crippen LogP contribution in [0.2, 0.25) is 0 Å². The van der Waals surface area contributed by atoms with E-state index in [-0.39, 0.29) is 11.8 Å². The highest BCUT2D eigenvalue weighted by Gasteiger charge is 2.23. The zero-order valence-corrected chi connectivity index (χ0v) is 19.0. The first-order valence-corrected chi connectivity index (χ1v) is 10.8. The molecule has 0 unspecified atom stereocenters. The van der Waals surface area contributed by atoms with Gasteiger partial charge < -0.3 is 9.47 Å². The van der Waals surface area contributed by atoms with Gasteiger partial charge in [-0.05, 0) is 30.3 Å². The van der Waals surface area contributed by atoms with Gasteiger partial charge >= 0.3 is 0 Å². The highest BCUT2D eigenvalue weighted by atomic mass is 32.1. The monoisotopic (exact) mass is 449 g/mol. The molecule has 0 aliphatic rings. The standard InChI is InChI=1S/C23H23N5O3S/c1-14(2)22-25-26-23(32-22)24-21(29)18-13-28(15-8-6-5-7-9-15)27-20(18)17-12-16(30-3)10-11-19(17)31-4/h5-14H,1-4H3,(H,24,26,29). The van der Waals surface area contributed by atoms with Crippen LogP contribution >= 0.6 is 11.3 Å². The Kier molecular flexibility index (Phi) is 6.18. The van der Waals surface area contributed by atoms with Gasteiger partial charge in [0.05, 0.1) is 25.5 Å². The minimum absolute atomic E-state index is 0.232. The minimum Gasteiger partial charge on any atom is -0.497 e. The van der Waals surface area contributed by atoms with Gasteiger partial charge in [0.1, 0.15) is 22.2 Å². The normalized spacial score (nSPS) is 10.9. The van der Waals surface area contributed by atoms with E-state index in [1.54, 1.807) is 43.3 Å². The Labute approximate surface area is 189 Å². The predicted octanol–water partition coefficient (Wildman–Crippen LogP) is 4.78. The quantitative estimate of drug-likeness (QED) is 0.436. The molecule has 4 rings (SSSR count). The van der Waals surface area contributed by atoms with E-state index in [0.717, 1.165) is 10.7 Å². The third-order valence-electron chi connectivity index (χ3n) is 4.80. The molecule has 2 heterocycles. The molecule has 1 amide bonds. The van der Waals surface area contributed by atoms with Gasteiger partial charge in [-0.1, -0.05) is 43.4 Å². The lowest BCUT2D eigenvalue weighted by Crippen LogP contribution is -2.12. The molecule has 2 aromatic carbocycles. The average molecular weight is 450 g/mol. The van der Waals surface area contributed by atoms with Gasteiger partial charge in [0.2, 0.25) is 5.13 Å². The van der Waals surface area contributed by atoms with Crippen molar-refractivity contribution >= 4 is 22.4 Å². The van der Waals surface area contributed by atoms with Crippen molar-refractivity contribution in [3.05, 3.63) is 65.3 Å². The lowest BCUT2D eigenvalue weighted by molar-refractivity contribution is 0.102. The zero-order valence-electron chi connectivity index (χ0n) is 18.2. The van der Waals surface area contributed by atoms with Crippen LogP contribution < -0.4 is 14.8 Å². The van der Waals surface area contributed by atoms with Gasteiger partial charge in [0.25, 0.3) is 5.91 Å². The molecule has 0 atom stereocenters. The zero-order chi connectivity index (χ0) is 22.7. The molecule has 0 bridgehead atoms. The third-order valence-corrected chi connectivity index (χ3v) is 5.94. The summed E-state index contributed by atoms with van der Waals surface area (Å²) in [6.07, 6.45) is 1.70. The van der Waals surface area contributed by atoms with E-state index in [0.29, 0.717) is 33.5 Å². The van der Waals surface area contributed by atoms with E-state index in [1.807, 2.05) is 44.2 Å². The van der Waals surface area contributed by atoms with Gasteiger partial charge in [-0.25, -0.2) is 4.68 Å². The molecule has 0 saturated carbocycles. The van der Waals surface area contributed by atoms with E-state index in [2.05, 4.69) is 15.5 Å². The lowest BCUT2D eigenvalue weighted by atomic mass is 10.1. The Morgan fingerprint density at radius 2 is 1.84 bits per heavy atom. The number of carbonyl (C=O) groups excluding carboxylic acids is 1. The van der Waals surface area contributed by atoms with Gasteiger partial charge in [0.15, 0.2) is 0 Å². The Bertz CT molecular complexity index is 1230. The molecule has 2 aromatic heterocycles. The Hall–Kier alpha value is -3.72. The number of hydrogen-bond donors (Lipinski definition) is 1. The Morgan fingerprint density at radius 3 is 2.50 bits per heavy atom. The summed E-state index contributed by atoms with van der Waals surface area (Å²) in [7, 11) is 3.16. The Morgan fingerprint density at radius 1 is 1.06 bits per heavy atom. The van der Waals surface area contributed by atoms with Crippen LogP contribution in [-0.2, 0) is 0 Å². The number of hydrogen-bond acceptors (Lipinski definition) is 7. The summed E-state index contributed by atoms with van der Waals surface area (Å²) >= 11 is 1.36. The number of aromatic nitrogens is 4. The average Bonchev–Trinajstić information content (AvgIpc) is 3.47. The number of para-hydroxylation sites is 1. The number of nitrogens with zero attached hydrogens (tertiary/aromatic N) is 4. The first kappa shape index (κ1) is 21.5. The summed E-state index contributed by atoms with van der Waals surface area (Å²) in [4.78, 5) is 13.3. The number of carbonyl (C=O) groups is 1. The van der Waals surface area contributed by atoms with E-state index < -0.39 is 0 Å². The fraction of sp³-hybridized carbons (Fsp3) is 0.217. The molecule has 9 heteroatoms. The third kappa shape index (κ3) is 4.33. The lowest BCUT2D eigenvalue weighted by Gasteiger charge is -2.10. The van der Waals surface area contributed by atoms with Crippen molar-refractivity contribution in [2.24, 2.45) is 0 Å². The predicted molar refractivity (Wildman–Crippen MR) is 124 cm³/mol. The molecule has 1 N–H and O–H groups in total. The van der Waals surface area contributed by atoms with Crippen LogP contribution in [0.1, 0.15) is 35.1 Å². The second-order valence-corrected chi connectivity index (χ2v) is 8.30. The Balaban J connectivity index is 1.80. The molecule has 0 saturated heterocycles. The minimum atomic E-state index is -0.335. The smallest absolute Gasteiger partial charge is 0.261 e. The largest absolute Gasteiger partial charge is 0.497 e. The number of rotatable bonds is 7. The number of methoxy groups -OCH3 is 2. The summed E-state index contributed by atoms with van der Waals surface area (Å²) in [5.74, 6) is 1.11. The van der Waals surface area contributed by atoms with Crippen LogP contribution in [0.15, 0.2) is 54.7 Å². The summed E-state index contributed by atoms with van der Waals surface area (Å²) in [5.41, 5.74) is 2.32. The maximum Gasteiger partial charge on any atom is 0.261 e. The number of benzene rings is 2. The summed E-state index contributed by atoms with van der Waals surface area (Å²) in [6.45, 7) is 4.06. The first-order valence-electron chi connectivity index (χ1n) is 10.0. The van der Waals surface area contributed by atoms with Gasteiger partial charge in [-0.15, -0.1) is 10.2 Å². The molecular formula is C23H23N5O3S. The van der Waals surface area contributed by atoms with E-state index in [4.69, 9.17) is 14.6 Å². The van der Waals surface area contributed by atoms with Crippen LogP contribution in [0, 0.1) is 0 Å². The highest BCUT2D eigenvalue weighted by Crippen LogP contribution is 2.35. The van der Waals surface area contributed by atoms with Crippen LogP contribution in [0.4, 0.5) is 5.13 Å². The molecule has 164 valence electrons. The topological polar surface area (TPSA) is 91.2 Å². The molecule has 0 spiro atoms. The molecule has 0 fully saturated rings. The van der Waals surface area contributed by atoms with E-state index in [1.165, 1.54) is 11.3 Å². The van der Waals surface area contributed by atoms with Gasteiger partial charge in [0, 0.05) is 17.7 Å². The fourth-order valence-electron chi connectivity index (χ4n) is 3.13. The van der Waals surface area contributed by atoms with Crippen LogP contribution in [0.5, 0.6) is 11.5 Å². The van der Waals surface area contributed by atoms with Crippen molar-refractivity contribution in [2.45, 2.75) is 19.8 Å². The molecular weight excluding hydrogens is 426 g/mol. The van der Waals surface area contributed by atoms with E-state index >= 15 is 0 Å². The van der Waals surface area contributed by atoms with Crippen molar-refractivity contribution in [1.82, 2.24) is 20.0 Å². The molecule has 0 radical (unpaired) electrons. The van der Waals surface area contributed by atoms with Crippen molar-refractivity contribution in [1.29, 1.82) is 0 Å². The summed E-state index contributed by atoms with van der Waals surface area (Å²) in [5, 5.41) is 17.1. The van der Waals surface area contributed by atoms with Gasteiger partial charge in [-0.2, -0.15) is 5.10 Å². The van der Waals surface area contributed by atoms with Crippen LogP contribution in [-0.4, -0.2) is 40.1 Å². The maximum absolute atomic E-state index is 13.3. The molecule has 0 aliphatic carbocycles. The molecule has 4 aromatic rings. The van der Waals surface area contributed by atoms with Crippen molar-refractivity contribution < 1.29 is 14.3 Å². The summed E-state index contributed by atoms with van der Waals surface area (Å²) in [6, 6.07) is 15.0. The van der Waals surface area contributed by atoms with Crippen molar-refractivity contribution in [3.8, 4) is 28.4 Å². The summed E-state index contributed by atoms with van der Waals surface area (Å²) < 4.78 is 12.6. The van der Waals surface area contributed by atoms with E-state index in [9.17, 15) is 4.79 Å². The number of ether oxygens (including phenoxy) is 2. The molecule has 32 heavy (non-hydrogen) atoms. The number of nitrogens with one attached hydrogen (secondary N) is 1. The number of anilines is 1. The number of amides is 1. The van der Waals surface area contributed by atoms with Crippen molar-refractivity contribution in [3.63, 3.8) is 0 Å². The highest BCUT2D eigenvalue weighted by molar-refractivity contribution is 7.15. The van der Waals surface area contributed by atoms with Crippen LogP contribution in [0.25, 0.3) is 16.9 Å². The fourth-order valence-corrected chi connectivity index (χ4v) is 3.87. The SMILES string of the molecule is COc1ccc(OC)c(-c2nn(-c3ccccc3)cc2C(=O)Nc2nnc(C(C)C)s2)c1. The van der Waals surface area contributed by atoms with Gasteiger partial charge in [-0.3, -0.25) is 10.1 Å².